The van der Waals surface area contributed by atoms with Gasteiger partial charge in [-0.2, -0.15) is 0 Å². The summed E-state index contributed by atoms with van der Waals surface area (Å²) in [4.78, 5) is 25.0. The van der Waals surface area contributed by atoms with Crippen molar-refractivity contribution in [2.24, 2.45) is 0 Å². The number of carbonyl (C=O) groups excluding carboxylic acids is 2. The Balaban J connectivity index is 1.55. The monoisotopic (exact) mass is 436 g/mol. The maximum Gasteiger partial charge on any atom is 0.240 e. The molecule has 32 heavy (non-hydrogen) atoms. The molecule has 0 spiro atoms. The Hall–Kier alpha value is -3.48. The number of amides is 1. The smallest absolute Gasteiger partial charge is 0.240 e. The Bertz CT molecular complexity index is 1160. The van der Waals surface area contributed by atoms with E-state index in [0.29, 0.717) is 36.0 Å². The fourth-order valence-electron chi connectivity index (χ4n) is 4.09. The van der Waals surface area contributed by atoms with Crippen molar-refractivity contribution >= 4 is 22.6 Å². The molecule has 7 nitrogen and oxygen atoms in total. The molecular weight excluding hydrogens is 408 g/mol. The molecular formula is C25H28N2O5. The third kappa shape index (κ3) is 4.28. The molecule has 3 aromatic rings. The van der Waals surface area contributed by atoms with Gasteiger partial charge in [-0.3, -0.25) is 9.59 Å². The number of ketones is 1. The summed E-state index contributed by atoms with van der Waals surface area (Å²) in [5, 5.41) is 3.85. The van der Waals surface area contributed by atoms with Crippen molar-refractivity contribution < 1.29 is 23.8 Å². The highest BCUT2D eigenvalue weighted by atomic mass is 16.5. The summed E-state index contributed by atoms with van der Waals surface area (Å²) in [6.45, 7) is 5.21. The van der Waals surface area contributed by atoms with Crippen molar-refractivity contribution in [3.63, 3.8) is 0 Å². The first-order chi connectivity index (χ1) is 15.5. The Morgan fingerprint density at radius 2 is 1.88 bits per heavy atom. The minimum absolute atomic E-state index is 0.0145. The van der Waals surface area contributed by atoms with E-state index in [2.05, 4.69) is 12.2 Å². The SMILES string of the molecule is CCc1cccc2c(C(C)=O)cn(CC(=O)NCc3cc4c(cc3OC)OCCCO4)c12. The van der Waals surface area contributed by atoms with Crippen LogP contribution in [0.5, 0.6) is 17.2 Å². The van der Waals surface area contributed by atoms with Gasteiger partial charge in [0.25, 0.3) is 0 Å². The molecule has 168 valence electrons. The maximum absolute atomic E-state index is 12.8. The van der Waals surface area contributed by atoms with Gasteiger partial charge in [0.15, 0.2) is 17.3 Å². The number of fused-ring (bicyclic) bond motifs is 2. The van der Waals surface area contributed by atoms with Crippen molar-refractivity contribution in [2.45, 2.75) is 39.8 Å². The summed E-state index contributed by atoms with van der Waals surface area (Å²) in [6.07, 6.45) is 3.41. The van der Waals surface area contributed by atoms with Crippen LogP contribution in [-0.2, 0) is 24.3 Å². The van der Waals surface area contributed by atoms with E-state index < -0.39 is 0 Å². The molecule has 4 rings (SSSR count). The van der Waals surface area contributed by atoms with E-state index in [0.717, 1.165) is 34.9 Å². The fourth-order valence-corrected chi connectivity index (χ4v) is 4.09. The molecule has 7 heteroatoms. The van der Waals surface area contributed by atoms with E-state index in [-0.39, 0.29) is 24.8 Å². The minimum Gasteiger partial charge on any atom is -0.496 e. The van der Waals surface area contributed by atoms with E-state index in [1.165, 1.54) is 0 Å². The van der Waals surface area contributed by atoms with Gasteiger partial charge in [0.2, 0.25) is 5.91 Å². The summed E-state index contributed by atoms with van der Waals surface area (Å²) in [5.74, 6) is 1.77. The van der Waals surface area contributed by atoms with Gasteiger partial charge in [0.05, 0.1) is 25.8 Å². The molecule has 1 aromatic heterocycles. The number of hydrogen-bond acceptors (Lipinski definition) is 5. The van der Waals surface area contributed by atoms with Crippen molar-refractivity contribution in [3.05, 3.63) is 53.2 Å². The number of methoxy groups -OCH3 is 1. The Morgan fingerprint density at radius 1 is 1.12 bits per heavy atom. The zero-order valence-electron chi connectivity index (χ0n) is 18.7. The van der Waals surface area contributed by atoms with Gasteiger partial charge in [-0.05, 0) is 25.0 Å². The predicted molar refractivity (Wildman–Crippen MR) is 122 cm³/mol. The van der Waals surface area contributed by atoms with Crippen LogP contribution in [0.4, 0.5) is 0 Å². The van der Waals surface area contributed by atoms with Crippen molar-refractivity contribution in [3.8, 4) is 17.2 Å². The van der Waals surface area contributed by atoms with Gasteiger partial charge in [-0.25, -0.2) is 0 Å². The van der Waals surface area contributed by atoms with Crippen molar-refractivity contribution in [2.75, 3.05) is 20.3 Å². The van der Waals surface area contributed by atoms with Gasteiger partial charge < -0.3 is 24.1 Å². The van der Waals surface area contributed by atoms with E-state index >= 15 is 0 Å². The van der Waals surface area contributed by atoms with Crippen LogP contribution in [-0.4, -0.2) is 36.6 Å². The van der Waals surface area contributed by atoms with E-state index in [1.54, 1.807) is 26.3 Å². The number of rotatable bonds is 7. The van der Waals surface area contributed by atoms with Crippen LogP contribution >= 0.6 is 0 Å². The van der Waals surface area contributed by atoms with Gasteiger partial charge in [0.1, 0.15) is 12.3 Å². The molecule has 0 aliphatic carbocycles. The standard InChI is InChI=1S/C25H28N2O5/c1-4-17-7-5-8-19-20(16(2)28)14-27(25(17)19)15-24(29)26-13-18-11-22-23(12-21(18)30-3)32-10-6-9-31-22/h5,7-8,11-12,14H,4,6,9-10,13,15H2,1-3H3,(H,26,29). The molecule has 2 aromatic carbocycles. The molecule has 0 fully saturated rings. The summed E-state index contributed by atoms with van der Waals surface area (Å²) in [6, 6.07) is 9.57. The van der Waals surface area contributed by atoms with Gasteiger partial charge in [0, 0.05) is 41.7 Å². The second-order valence-corrected chi connectivity index (χ2v) is 7.83. The van der Waals surface area contributed by atoms with Crippen LogP contribution in [0.1, 0.15) is 41.8 Å². The molecule has 0 bridgehead atoms. The Morgan fingerprint density at radius 3 is 2.56 bits per heavy atom. The van der Waals surface area contributed by atoms with Crippen LogP contribution in [0.3, 0.4) is 0 Å². The Labute approximate surface area is 187 Å². The number of aryl methyl sites for hydroxylation is 1. The van der Waals surface area contributed by atoms with Crippen LogP contribution in [0.2, 0.25) is 0 Å². The number of aromatic nitrogens is 1. The number of nitrogens with zero attached hydrogens (tertiary/aromatic N) is 1. The molecule has 2 heterocycles. The number of Topliss-reactive ketones (excluding diaryl/α,β-unsaturated/α-hetero) is 1. The molecule has 0 saturated carbocycles. The van der Waals surface area contributed by atoms with E-state index in [4.69, 9.17) is 14.2 Å². The molecule has 0 unspecified atom stereocenters. The number of nitrogens with one attached hydrogen (secondary N) is 1. The van der Waals surface area contributed by atoms with Gasteiger partial charge >= 0.3 is 0 Å². The Kier molecular flexibility index (Phi) is 6.35. The lowest BCUT2D eigenvalue weighted by Gasteiger charge is -2.15. The molecule has 0 atom stereocenters. The summed E-state index contributed by atoms with van der Waals surface area (Å²) in [5.41, 5.74) is 3.48. The fraction of sp³-hybridized carbons (Fsp3) is 0.360. The van der Waals surface area contributed by atoms with Crippen molar-refractivity contribution in [1.29, 1.82) is 0 Å². The number of carbonyl (C=O) groups is 2. The second kappa shape index (κ2) is 9.34. The lowest BCUT2D eigenvalue weighted by Crippen LogP contribution is -2.27. The van der Waals surface area contributed by atoms with Gasteiger partial charge in [-0.15, -0.1) is 0 Å². The quantitative estimate of drug-likeness (QED) is 0.569. The third-order valence-electron chi connectivity index (χ3n) is 5.68. The normalized spacial score (nSPS) is 13.0. The molecule has 1 aliphatic rings. The zero-order valence-corrected chi connectivity index (χ0v) is 18.7. The van der Waals surface area contributed by atoms with Crippen LogP contribution in [0.15, 0.2) is 36.5 Å². The summed E-state index contributed by atoms with van der Waals surface area (Å²) >= 11 is 0. The molecule has 1 aliphatic heterocycles. The average Bonchev–Trinajstić information content (AvgIpc) is 3.00. The van der Waals surface area contributed by atoms with Crippen molar-refractivity contribution in [1.82, 2.24) is 9.88 Å². The topological polar surface area (TPSA) is 78.8 Å². The predicted octanol–water partition coefficient (Wildman–Crippen LogP) is 3.89. The summed E-state index contributed by atoms with van der Waals surface area (Å²) in [7, 11) is 1.59. The highest BCUT2D eigenvalue weighted by Gasteiger charge is 2.18. The van der Waals surface area contributed by atoms with Crippen LogP contribution in [0.25, 0.3) is 10.9 Å². The second-order valence-electron chi connectivity index (χ2n) is 7.83. The third-order valence-corrected chi connectivity index (χ3v) is 5.68. The van der Waals surface area contributed by atoms with Crippen LogP contribution in [0, 0.1) is 0 Å². The first-order valence-corrected chi connectivity index (χ1v) is 10.9. The maximum atomic E-state index is 12.8. The minimum atomic E-state index is -0.155. The lowest BCUT2D eigenvalue weighted by molar-refractivity contribution is -0.121. The largest absolute Gasteiger partial charge is 0.496 e. The number of benzene rings is 2. The molecule has 0 saturated heterocycles. The average molecular weight is 437 g/mol. The first-order valence-electron chi connectivity index (χ1n) is 10.9. The lowest BCUT2D eigenvalue weighted by atomic mass is 10.1. The van der Waals surface area contributed by atoms with Crippen LogP contribution < -0.4 is 19.5 Å². The zero-order chi connectivity index (χ0) is 22.7. The highest BCUT2D eigenvalue weighted by molar-refractivity contribution is 6.07. The summed E-state index contributed by atoms with van der Waals surface area (Å²) < 4.78 is 18.8. The number of hydrogen-bond donors (Lipinski definition) is 1. The number of ether oxygens (including phenoxy) is 3. The van der Waals surface area contributed by atoms with E-state index in [9.17, 15) is 9.59 Å². The van der Waals surface area contributed by atoms with Gasteiger partial charge in [-0.1, -0.05) is 25.1 Å². The molecule has 1 N–H and O–H groups in total. The first kappa shape index (κ1) is 21.7. The molecule has 1 amide bonds. The highest BCUT2D eigenvalue weighted by Crippen LogP contribution is 2.36. The molecule has 0 radical (unpaired) electrons. The van der Waals surface area contributed by atoms with E-state index in [1.807, 2.05) is 28.8 Å². The number of para-hydroxylation sites is 1.